The van der Waals surface area contributed by atoms with E-state index in [9.17, 15) is 4.39 Å². The standard InChI is InChI=1S/C12H16FNO/c1-4-15-9(3)11-7-10(8(2)14)5-6-12(11)13/h5-8H,3-4,14H2,1-2H3. The van der Waals surface area contributed by atoms with E-state index in [1.165, 1.54) is 6.07 Å². The molecule has 1 atom stereocenters. The summed E-state index contributed by atoms with van der Waals surface area (Å²) < 4.78 is 18.6. The minimum absolute atomic E-state index is 0.126. The number of hydrogen-bond acceptors (Lipinski definition) is 2. The molecule has 2 N–H and O–H groups in total. The third-order valence-corrected chi connectivity index (χ3v) is 2.14. The van der Waals surface area contributed by atoms with Gasteiger partial charge in [-0.3, -0.25) is 0 Å². The molecule has 1 unspecified atom stereocenters. The fourth-order valence-corrected chi connectivity index (χ4v) is 1.29. The van der Waals surface area contributed by atoms with Gasteiger partial charge in [0.1, 0.15) is 11.6 Å². The van der Waals surface area contributed by atoms with Crippen LogP contribution in [0.15, 0.2) is 24.8 Å². The van der Waals surface area contributed by atoms with Crippen molar-refractivity contribution in [1.82, 2.24) is 0 Å². The Labute approximate surface area is 89.6 Å². The van der Waals surface area contributed by atoms with Crippen LogP contribution in [0.1, 0.15) is 31.0 Å². The van der Waals surface area contributed by atoms with Gasteiger partial charge in [-0.25, -0.2) is 4.39 Å². The minimum atomic E-state index is -0.335. The van der Waals surface area contributed by atoms with Crippen LogP contribution in [0.25, 0.3) is 5.76 Å². The van der Waals surface area contributed by atoms with Gasteiger partial charge < -0.3 is 10.5 Å². The van der Waals surface area contributed by atoms with Crippen LogP contribution in [0.4, 0.5) is 4.39 Å². The zero-order chi connectivity index (χ0) is 11.4. The topological polar surface area (TPSA) is 35.2 Å². The normalized spacial score (nSPS) is 12.3. The lowest BCUT2D eigenvalue weighted by molar-refractivity contribution is 0.297. The van der Waals surface area contributed by atoms with E-state index in [4.69, 9.17) is 10.5 Å². The summed E-state index contributed by atoms with van der Waals surface area (Å²) in [6.07, 6.45) is 0. The summed E-state index contributed by atoms with van der Waals surface area (Å²) in [6, 6.07) is 4.61. The molecule has 0 radical (unpaired) electrons. The Morgan fingerprint density at radius 1 is 1.60 bits per heavy atom. The molecule has 0 fully saturated rings. The van der Waals surface area contributed by atoms with Crippen molar-refractivity contribution in [3.8, 4) is 0 Å². The second kappa shape index (κ2) is 4.94. The van der Waals surface area contributed by atoms with Gasteiger partial charge in [0.05, 0.1) is 12.2 Å². The molecular weight excluding hydrogens is 193 g/mol. The van der Waals surface area contributed by atoms with Crippen molar-refractivity contribution >= 4 is 5.76 Å². The van der Waals surface area contributed by atoms with Crippen LogP contribution in [-0.4, -0.2) is 6.61 Å². The minimum Gasteiger partial charge on any atom is -0.494 e. The van der Waals surface area contributed by atoms with Crippen molar-refractivity contribution in [3.05, 3.63) is 41.7 Å². The lowest BCUT2D eigenvalue weighted by atomic mass is 10.0. The van der Waals surface area contributed by atoms with E-state index < -0.39 is 0 Å². The zero-order valence-electron chi connectivity index (χ0n) is 9.09. The van der Waals surface area contributed by atoms with E-state index >= 15 is 0 Å². The van der Waals surface area contributed by atoms with Crippen molar-refractivity contribution in [2.75, 3.05) is 6.61 Å². The molecule has 15 heavy (non-hydrogen) atoms. The molecule has 0 aromatic heterocycles. The summed E-state index contributed by atoms with van der Waals surface area (Å²) in [4.78, 5) is 0. The molecule has 0 amide bonds. The molecule has 0 saturated carbocycles. The quantitative estimate of drug-likeness (QED) is 0.774. The predicted octanol–water partition coefficient (Wildman–Crippen LogP) is 2.85. The van der Waals surface area contributed by atoms with E-state index in [-0.39, 0.29) is 11.9 Å². The summed E-state index contributed by atoms with van der Waals surface area (Å²) in [5.41, 5.74) is 6.96. The predicted molar refractivity (Wildman–Crippen MR) is 59.7 cm³/mol. The molecule has 2 nitrogen and oxygen atoms in total. The van der Waals surface area contributed by atoms with Crippen molar-refractivity contribution in [1.29, 1.82) is 0 Å². The van der Waals surface area contributed by atoms with Crippen LogP contribution in [0.3, 0.4) is 0 Å². The number of hydrogen-bond donors (Lipinski definition) is 1. The van der Waals surface area contributed by atoms with Gasteiger partial charge in [-0.15, -0.1) is 0 Å². The molecule has 0 heterocycles. The largest absolute Gasteiger partial charge is 0.494 e. The summed E-state index contributed by atoms with van der Waals surface area (Å²) in [5, 5.41) is 0. The molecule has 0 bridgehead atoms. The van der Waals surface area contributed by atoms with Gasteiger partial charge in [0.25, 0.3) is 0 Å². The van der Waals surface area contributed by atoms with Crippen LogP contribution in [0, 0.1) is 5.82 Å². The highest BCUT2D eigenvalue weighted by atomic mass is 19.1. The van der Waals surface area contributed by atoms with Crippen LogP contribution in [0.5, 0.6) is 0 Å². The summed E-state index contributed by atoms with van der Waals surface area (Å²) in [5.74, 6) is 0.00958. The van der Waals surface area contributed by atoms with Crippen LogP contribution < -0.4 is 5.73 Å². The summed E-state index contributed by atoms with van der Waals surface area (Å²) in [7, 11) is 0. The molecule has 0 aliphatic carbocycles. The van der Waals surface area contributed by atoms with Gasteiger partial charge in [-0.1, -0.05) is 12.6 Å². The Kier molecular flexibility index (Phi) is 3.86. The SMILES string of the molecule is C=C(OCC)c1cc(C(C)N)ccc1F. The number of ether oxygens (including phenoxy) is 1. The highest BCUT2D eigenvalue weighted by Crippen LogP contribution is 2.21. The van der Waals surface area contributed by atoms with Gasteiger partial charge in [-0.05, 0) is 31.5 Å². The first kappa shape index (κ1) is 11.7. The van der Waals surface area contributed by atoms with Gasteiger partial charge in [0.15, 0.2) is 0 Å². The average molecular weight is 209 g/mol. The maximum atomic E-state index is 13.4. The maximum Gasteiger partial charge on any atom is 0.134 e. The van der Waals surface area contributed by atoms with Crippen LogP contribution in [0.2, 0.25) is 0 Å². The molecular formula is C12H16FNO. The lowest BCUT2D eigenvalue weighted by Crippen LogP contribution is -2.06. The van der Waals surface area contributed by atoms with E-state index in [0.29, 0.717) is 17.9 Å². The fourth-order valence-electron chi connectivity index (χ4n) is 1.29. The van der Waals surface area contributed by atoms with E-state index in [1.54, 1.807) is 12.1 Å². The highest BCUT2D eigenvalue weighted by Gasteiger charge is 2.09. The number of halogens is 1. The van der Waals surface area contributed by atoms with Gasteiger partial charge >= 0.3 is 0 Å². The molecule has 0 saturated heterocycles. The Balaban J connectivity index is 3.05. The molecule has 0 aliphatic rings. The second-order valence-electron chi connectivity index (χ2n) is 3.38. The smallest absolute Gasteiger partial charge is 0.134 e. The maximum absolute atomic E-state index is 13.4. The first-order chi connectivity index (χ1) is 7.06. The molecule has 1 aromatic carbocycles. The van der Waals surface area contributed by atoms with Crippen LogP contribution in [-0.2, 0) is 4.74 Å². The summed E-state index contributed by atoms with van der Waals surface area (Å²) >= 11 is 0. The second-order valence-corrected chi connectivity index (χ2v) is 3.38. The molecule has 1 rings (SSSR count). The first-order valence-corrected chi connectivity index (χ1v) is 4.93. The van der Waals surface area contributed by atoms with Gasteiger partial charge in [0.2, 0.25) is 0 Å². The monoisotopic (exact) mass is 209 g/mol. The zero-order valence-corrected chi connectivity index (χ0v) is 9.09. The molecule has 82 valence electrons. The number of nitrogens with two attached hydrogens (primary N) is 1. The molecule has 0 aliphatic heterocycles. The Hall–Kier alpha value is -1.35. The third kappa shape index (κ3) is 2.80. The van der Waals surface area contributed by atoms with Crippen LogP contribution >= 0.6 is 0 Å². The Bertz CT molecular complexity index is 361. The molecule has 3 heteroatoms. The lowest BCUT2D eigenvalue weighted by Gasteiger charge is -2.11. The number of rotatable bonds is 4. The molecule has 1 aromatic rings. The van der Waals surface area contributed by atoms with Crippen molar-refractivity contribution in [2.45, 2.75) is 19.9 Å². The van der Waals surface area contributed by atoms with Crippen molar-refractivity contribution in [2.24, 2.45) is 5.73 Å². The van der Waals surface area contributed by atoms with Crippen molar-refractivity contribution < 1.29 is 9.13 Å². The average Bonchev–Trinajstić information content (AvgIpc) is 2.18. The van der Waals surface area contributed by atoms with Gasteiger partial charge in [0, 0.05) is 6.04 Å². The van der Waals surface area contributed by atoms with E-state index in [1.807, 2.05) is 13.8 Å². The first-order valence-electron chi connectivity index (χ1n) is 4.93. The fraction of sp³-hybridized carbons (Fsp3) is 0.333. The van der Waals surface area contributed by atoms with E-state index in [0.717, 1.165) is 5.56 Å². The Morgan fingerprint density at radius 3 is 2.80 bits per heavy atom. The third-order valence-electron chi connectivity index (χ3n) is 2.14. The Morgan fingerprint density at radius 2 is 2.27 bits per heavy atom. The number of benzene rings is 1. The molecule has 0 spiro atoms. The van der Waals surface area contributed by atoms with E-state index in [2.05, 4.69) is 6.58 Å². The summed E-state index contributed by atoms with van der Waals surface area (Å²) in [6.45, 7) is 7.83. The van der Waals surface area contributed by atoms with Crippen molar-refractivity contribution in [3.63, 3.8) is 0 Å². The van der Waals surface area contributed by atoms with Gasteiger partial charge in [-0.2, -0.15) is 0 Å². The highest BCUT2D eigenvalue weighted by molar-refractivity contribution is 5.59.